The zero-order valence-corrected chi connectivity index (χ0v) is 19.1. The summed E-state index contributed by atoms with van der Waals surface area (Å²) in [6, 6.07) is 14.9. The van der Waals surface area contributed by atoms with Crippen LogP contribution >= 0.6 is 0 Å². The highest BCUT2D eigenvalue weighted by molar-refractivity contribution is 5.94. The summed E-state index contributed by atoms with van der Waals surface area (Å²) in [7, 11) is 1.67. The van der Waals surface area contributed by atoms with Gasteiger partial charge in [-0.2, -0.15) is 0 Å². The molecular weight excluding hydrogens is 372 g/mol. The van der Waals surface area contributed by atoms with Crippen LogP contribution in [0.1, 0.15) is 49.8 Å². The molecule has 0 unspecified atom stereocenters. The monoisotopic (exact) mass is 408 g/mol. The van der Waals surface area contributed by atoms with Crippen molar-refractivity contribution in [1.29, 1.82) is 0 Å². The van der Waals surface area contributed by atoms with Gasteiger partial charge in [-0.1, -0.05) is 32.0 Å². The molecule has 30 heavy (non-hydrogen) atoms. The maximum Gasteiger partial charge on any atom is 0.227 e. The minimum absolute atomic E-state index is 0.225. The van der Waals surface area contributed by atoms with Gasteiger partial charge in [0.2, 0.25) is 5.91 Å². The molecule has 2 aromatic rings. The van der Waals surface area contributed by atoms with Crippen molar-refractivity contribution in [2.75, 3.05) is 25.1 Å². The molecule has 1 aliphatic heterocycles. The fraction of sp³-hybridized carbons (Fsp3) is 0.500. The molecule has 0 aromatic heterocycles. The van der Waals surface area contributed by atoms with E-state index in [1.54, 1.807) is 7.11 Å². The van der Waals surface area contributed by atoms with Gasteiger partial charge in [0, 0.05) is 37.8 Å². The van der Waals surface area contributed by atoms with Crippen molar-refractivity contribution in [2.24, 2.45) is 5.92 Å². The average Bonchev–Trinajstić information content (AvgIpc) is 2.72. The van der Waals surface area contributed by atoms with Crippen molar-refractivity contribution in [3.05, 3.63) is 59.2 Å². The lowest BCUT2D eigenvalue weighted by Crippen LogP contribution is -2.47. The molecule has 0 aliphatic carbocycles. The predicted octanol–water partition coefficient (Wildman–Crippen LogP) is 5.36. The second-order valence-corrected chi connectivity index (χ2v) is 8.99. The van der Waals surface area contributed by atoms with Crippen LogP contribution in [0, 0.1) is 19.8 Å². The van der Waals surface area contributed by atoms with Crippen LogP contribution in [0.5, 0.6) is 5.75 Å². The number of amides is 1. The van der Waals surface area contributed by atoms with Crippen molar-refractivity contribution in [3.63, 3.8) is 0 Å². The number of ether oxygens (including phenoxy) is 1. The molecule has 1 aliphatic rings. The van der Waals surface area contributed by atoms with Gasteiger partial charge < -0.3 is 9.64 Å². The number of hydrogen-bond donors (Lipinski definition) is 0. The van der Waals surface area contributed by atoms with Crippen LogP contribution in [0.2, 0.25) is 0 Å². The van der Waals surface area contributed by atoms with Crippen LogP contribution < -0.4 is 9.64 Å². The Hall–Kier alpha value is -2.33. The van der Waals surface area contributed by atoms with Gasteiger partial charge in [0.15, 0.2) is 0 Å². The van der Waals surface area contributed by atoms with Crippen LogP contribution in [0.3, 0.4) is 0 Å². The quantitative estimate of drug-likeness (QED) is 0.619. The van der Waals surface area contributed by atoms with Gasteiger partial charge in [0.25, 0.3) is 0 Å². The van der Waals surface area contributed by atoms with E-state index in [0.29, 0.717) is 12.3 Å². The molecule has 0 bridgehead atoms. The maximum atomic E-state index is 13.1. The van der Waals surface area contributed by atoms with E-state index >= 15 is 0 Å². The van der Waals surface area contributed by atoms with E-state index in [-0.39, 0.29) is 11.9 Å². The lowest BCUT2D eigenvalue weighted by molar-refractivity contribution is -0.120. The molecule has 0 atom stereocenters. The summed E-state index contributed by atoms with van der Waals surface area (Å²) in [6.07, 6.45) is 2.58. The highest BCUT2D eigenvalue weighted by Crippen LogP contribution is 2.28. The van der Waals surface area contributed by atoms with Gasteiger partial charge in [-0.15, -0.1) is 0 Å². The van der Waals surface area contributed by atoms with Gasteiger partial charge in [-0.3, -0.25) is 9.69 Å². The summed E-state index contributed by atoms with van der Waals surface area (Å²) < 4.78 is 5.30. The summed E-state index contributed by atoms with van der Waals surface area (Å²) >= 11 is 0. The number of hydrogen-bond acceptors (Lipinski definition) is 3. The van der Waals surface area contributed by atoms with Crippen molar-refractivity contribution < 1.29 is 9.53 Å². The molecule has 1 saturated heterocycles. The minimum atomic E-state index is 0.225. The Morgan fingerprint density at radius 3 is 2.30 bits per heavy atom. The second kappa shape index (κ2) is 10.1. The normalized spacial score (nSPS) is 15.4. The number of aryl methyl sites for hydroxylation is 2. The van der Waals surface area contributed by atoms with Crippen molar-refractivity contribution in [1.82, 2.24) is 4.90 Å². The van der Waals surface area contributed by atoms with E-state index in [1.807, 2.05) is 29.2 Å². The van der Waals surface area contributed by atoms with E-state index in [1.165, 1.54) is 16.7 Å². The number of anilines is 1. The molecule has 2 aromatic carbocycles. The third-order valence-corrected chi connectivity index (χ3v) is 6.10. The number of carbonyl (C=O) groups is 1. The lowest BCUT2D eigenvalue weighted by atomic mass is 9.99. The summed E-state index contributed by atoms with van der Waals surface area (Å²) in [5.41, 5.74) is 5.05. The van der Waals surface area contributed by atoms with Crippen LogP contribution in [0.4, 0.5) is 5.69 Å². The third-order valence-electron chi connectivity index (χ3n) is 6.10. The molecule has 0 radical (unpaired) electrons. The number of carbonyl (C=O) groups excluding carboxylic acids is 1. The zero-order valence-electron chi connectivity index (χ0n) is 19.1. The summed E-state index contributed by atoms with van der Waals surface area (Å²) in [6.45, 7) is 11.6. The van der Waals surface area contributed by atoms with Crippen molar-refractivity contribution in [2.45, 2.75) is 59.5 Å². The standard InChI is InChI=1S/C26H36N2O2/c1-19(2)16-26(29)28(23-8-10-25(30-5)11-9-23)24-12-14-27(15-13-24)18-22-7-6-20(3)21(4)17-22/h6-11,17,19,24H,12-16,18H2,1-5H3. The Bertz CT molecular complexity index is 837. The van der Waals surface area contributed by atoms with Crippen LogP contribution in [-0.4, -0.2) is 37.0 Å². The van der Waals surface area contributed by atoms with E-state index in [2.05, 4.69) is 50.8 Å². The number of rotatable bonds is 7. The van der Waals surface area contributed by atoms with Crippen LogP contribution in [0.15, 0.2) is 42.5 Å². The molecule has 162 valence electrons. The smallest absolute Gasteiger partial charge is 0.227 e. The molecule has 3 rings (SSSR count). The molecular formula is C26H36N2O2. The molecule has 4 nitrogen and oxygen atoms in total. The SMILES string of the molecule is COc1ccc(N(C(=O)CC(C)C)C2CCN(Cc3ccc(C)c(C)c3)CC2)cc1. The molecule has 4 heteroatoms. The van der Waals surface area contributed by atoms with E-state index < -0.39 is 0 Å². The summed E-state index contributed by atoms with van der Waals surface area (Å²) in [5.74, 6) is 1.39. The first-order valence-electron chi connectivity index (χ1n) is 11.1. The first-order chi connectivity index (χ1) is 14.4. The average molecular weight is 409 g/mol. The van der Waals surface area contributed by atoms with Gasteiger partial charge >= 0.3 is 0 Å². The molecule has 1 fully saturated rings. The number of nitrogens with zero attached hydrogens (tertiary/aromatic N) is 2. The molecule has 1 amide bonds. The van der Waals surface area contributed by atoms with Crippen molar-refractivity contribution >= 4 is 11.6 Å². The first kappa shape index (κ1) is 22.4. The number of benzene rings is 2. The number of piperidine rings is 1. The fourth-order valence-corrected chi connectivity index (χ4v) is 4.24. The summed E-state index contributed by atoms with van der Waals surface area (Å²) in [4.78, 5) is 17.7. The van der Waals surface area contributed by atoms with Gasteiger partial charge in [-0.25, -0.2) is 0 Å². The van der Waals surface area contributed by atoms with Crippen LogP contribution in [-0.2, 0) is 11.3 Å². The Kier molecular flexibility index (Phi) is 7.54. The lowest BCUT2D eigenvalue weighted by Gasteiger charge is -2.39. The zero-order chi connectivity index (χ0) is 21.7. The van der Waals surface area contributed by atoms with Crippen LogP contribution in [0.25, 0.3) is 0 Å². The first-order valence-corrected chi connectivity index (χ1v) is 11.1. The number of likely N-dealkylation sites (tertiary alicyclic amines) is 1. The second-order valence-electron chi connectivity index (χ2n) is 8.99. The molecule has 1 heterocycles. The Balaban J connectivity index is 1.69. The Morgan fingerprint density at radius 1 is 1.07 bits per heavy atom. The van der Waals surface area contributed by atoms with E-state index in [0.717, 1.165) is 43.9 Å². The Morgan fingerprint density at radius 2 is 1.73 bits per heavy atom. The van der Waals surface area contributed by atoms with E-state index in [9.17, 15) is 4.79 Å². The predicted molar refractivity (Wildman–Crippen MR) is 124 cm³/mol. The van der Waals surface area contributed by atoms with Gasteiger partial charge in [-0.05, 0) is 73.6 Å². The van der Waals surface area contributed by atoms with Crippen molar-refractivity contribution in [3.8, 4) is 5.75 Å². The third kappa shape index (κ3) is 5.63. The van der Waals surface area contributed by atoms with Gasteiger partial charge in [0.1, 0.15) is 5.75 Å². The Labute approximate surface area is 181 Å². The molecule has 0 saturated carbocycles. The minimum Gasteiger partial charge on any atom is -0.497 e. The highest BCUT2D eigenvalue weighted by Gasteiger charge is 2.29. The molecule has 0 spiro atoms. The topological polar surface area (TPSA) is 32.8 Å². The van der Waals surface area contributed by atoms with E-state index in [4.69, 9.17) is 4.74 Å². The van der Waals surface area contributed by atoms with Gasteiger partial charge in [0.05, 0.1) is 7.11 Å². The maximum absolute atomic E-state index is 13.1. The summed E-state index contributed by atoms with van der Waals surface area (Å²) in [5, 5.41) is 0. The largest absolute Gasteiger partial charge is 0.497 e. The fourth-order valence-electron chi connectivity index (χ4n) is 4.24. The number of methoxy groups -OCH3 is 1. The highest BCUT2D eigenvalue weighted by atomic mass is 16.5. The molecule has 0 N–H and O–H groups in total.